The van der Waals surface area contributed by atoms with E-state index in [1.54, 1.807) is 31.2 Å². The number of unbranched alkanes of at least 4 members (excludes halogenated alkanes) is 1. The molecule has 1 aliphatic heterocycles. The van der Waals surface area contributed by atoms with Gasteiger partial charge in [0.05, 0.1) is 0 Å². The highest BCUT2D eigenvalue weighted by atomic mass is 35.5. The van der Waals surface area contributed by atoms with E-state index in [-0.39, 0.29) is 0 Å². The van der Waals surface area contributed by atoms with E-state index in [9.17, 15) is 19.2 Å². The monoisotopic (exact) mass is 394 g/mol. The lowest BCUT2D eigenvalue weighted by molar-refractivity contribution is -0.135. The molecule has 1 atom stereocenters. The number of carbonyl (C=O) groups is 4. The van der Waals surface area contributed by atoms with Crippen molar-refractivity contribution in [3.8, 4) is 0 Å². The molecule has 27 heavy (non-hydrogen) atoms. The van der Waals surface area contributed by atoms with Gasteiger partial charge in [-0.2, -0.15) is 0 Å². The van der Waals surface area contributed by atoms with Crippen molar-refractivity contribution in [3.63, 3.8) is 0 Å². The van der Waals surface area contributed by atoms with Gasteiger partial charge in [0.1, 0.15) is 12.1 Å². The van der Waals surface area contributed by atoms with Gasteiger partial charge in [0.25, 0.3) is 5.91 Å². The van der Waals surface area contributed by atoms with Gasteiger partial charge in [-0.1, -0.05) is 44.0 Å². The van der Waals surface area contributed by atoms with Crippen molar-refractivity contribution >= 4 is 35.5 Å². The number of benzene rings is 1. The first-order valence-electron chi connectivity index (χ1n) is 8.82. The van der Waals surface area contributed by atoms with E-state index in [0.29, 0.717) is 23.6 Å². The summed E-state index contributed by atoms with van der Waals surface area (Å²) in [6, 6.07) is 5.25. The Balaban J connectivity index is 2.07. The predicted octanol–water partition coefficient (Wildman–Crippen LogP) is 2.12. The van der Waals surface area contributed by atoms with E-state index in [2.05, 4.69) is 16.0 Å². The highest BCUT2D eigenvalue weighted by molar-refractivity contribution is 6.30. The summed E-state index contributed by atoms with van der Waals surface area (Å²) in [6.45, 7) is 3.63. The van der Waals surface area contributed by atoms with Gasteiger partial charge in [0.2, 0.25) is 5.91 Å². The SMILES string of the molecule is CCCCNC(=O)NC(=O)CN1C(=O)NC(CC)(c2ccc(Cl)cc2)C1=O. The van der Waals surface area contributed by atoms with Crippen LogP contribution in [-0.2, 0) is 15.1 Å². The Hall–Kier alpha value is -2.61. The molecule has 8 nitrogen and oxygen atoms in total. The van der Waals surface area contributed by atoms with Crippen molar-refractivity contribution in [1.29, 1.82) is 0 Å². The number of hydrogen-bond donors (Lipinski definition) is 3. The molecule has 1 fully saturated rings. The van der Waals surface area contributed by atoms with E-state index in [4.69, 9.17) is 11.6 Å². The second-order valence-corrected chi connectivity index (χ2v) is 6.68. The second-order valence-electron chi connectivity index (χ2n) is 6.24. The van der Waals surface area contributed by atoms with Crippen LogP contribution in [0.1, 0.15) is 38.7 Å². The van der Waals surface area contributed by atoms with Crippen LogP contribution in [0.3, 0.4) is 0 Å². The molecule has 1 unspecified atom stereocenters. The van der Waals surface area contributed by atoms with E-state index in [1.807, 2.05) is 6.92 Å². The Kier molecular flexibility index (Phi) is 6.79. The number of amides is 6. The normalized spacial score (nSPS) is 19.0. The van der Waals surface area contributed by atoms with Crippen LogP contribution in [-0.4, -0.2) is 41.9 Å². The van der Waals surface area contributed by atoms with Crippen LogP contribution >= 0.6 is 11.6 Å². The van der Waals surface area contributed by atoms with Crippen molar-refractivity contribution in [2.75, 3.05) is 13.1 Å². The summed E-state index contributed by atoms with van der Waals surface area (Å²) in [7, 11) is 0. The molecule has 1 aromatic rings. The smallest absolute Gasteiger partial charge is 0.325 e. The number of halogens is 1. The van der Waals surface area contributed by atoms with Crippen molar-refractivity contribution in [2.24, 2.45) is 0 Å². The minimum atomic E-state index is -1.26. The first-order chi connectivity index (χ1) is 12.8. The van der Waals surface area contributed by atoms with Crippen LogP contribution in [0.25, 0.3) is 0 Å². The summed E-state index contributed by atoms with van der Waals surface area (Å²) in [5.74, 6) is -1.28. The summed E-state index contributed by atoms with van der Waals surface area (Å²) in [4.78, 5) is 49.7. The van der Waals surface area contributed by atoms with Crippen LogP contribution in [0, 0.1) is 0 Å². The van der Waals surface area contributed by atoms with E-state index < -0.39 is 36.0 Å². The number of imide groups is 2. The highest BCUT2D eigenvalue weighted by Gasteiger charge is 2.51. The molecule has 1 aromatic carbocycles. The molecule has 1 saturated heterocycles. The molecule has 3 N–H and O–H groups in total. The Labute approximate surface area is 162 Å². The molecule has 1 aliphatic rings. The van der Waals surface area contributed by atoms with Crippen LogP contribution in [0.5, 0.6) is 0 Å². The minimum absolute atomic E-state index is 0.300. The van der Waals surface area contributed by atoms with E-state index in [1.165, 1.54) is 0 Å². The maximum Gasteiger partial charge on any atom is 0.325 e. The Morgan fingerprint density at radius 3 is 2.44 bits per heavy atom. The summed E-state index contributed by atoms with van der Waals surface area (Å²) in [5.41, 5.74) is -0.682. The maximum absolute atomic E-state index is 12.9. The molecule has 0 aliphatic carbocycles. The van der Waals surface area contributed by atoms with Gasteiger partial charge >= 0.3 is 12.1 Å². The third-order valence-corrected chi connectivity index (χ3v) is 4.67. The van der Waals surface area contributed by atoms with Crippen molar-refractivity contribution < 1.29 is 19.2 Å². The molecule has 146 valence electrons. The van der Waals surface area contributed by atoms with Gasteiger partial charge in [0, 0.05) is 11.6 Å². The van der Waals surface area contributed by atoms with Gasteiger partial charge in [-0.15, -0.1) is 0 Å². The Bertz CT molecular complexity index is 737. The summed E-state index contributed by atoms with van der Waals surface area (Å²) < 4.78 is 0. The molecule has 6 amide bonds. The Morgan fingerprint density at radius 2 is 1.85 bits per heavy atom. The maximum atomic E-state index is 12.9. The van der Waals surface area contributed by atoms with Crippen LogP contribution in [0.2, 0.25) is 5.02 Å². The van der Waals surface area contributed by atoms with Crippen LogP contribution in [0.4, 0.5) is 9.59 Å². The predicted molar refractivity (Wildman–Crippen MR) is 100 cm³/mol. The van der Waals surface area contributed by atoms with Gasteiger partial charge < -0.3 is 10.6 Å². The van der Waals surface area contributed by atoms with Gasteiger partial charge in [-0.3, -0.25) is 19.8 Å². The third-order valence-electron chi connectivity index (χ3n) is 4.41. The first kappa shape index (κ1) is 20.7. The summed E-state index contributed by atoms with van der Waals surface area (Å²) in [6.07, 6.45) is 1.99. The Morgan fingerprint density at radius 1 is 1.19 bits per heavy atom. The minimum Gasteiger partial charge on any atom is -0.338 e. The molecule has 0 aromatic heterocycles. The van der Waals surface area contributed by atoms with Gasteiger partial charge in [0.15, 0.2) is 0 Å². The standard InChI is InChI=1S/C18H23ClN4O4/c1-3-5-10-20-16(26)21-14(24)11-23-15(25)18(4-2,22-17(23)27)12-6-8-13(19)9-7-12/h6-9H,3-5,10-11H2,1-2H3,(H,22,27)(H2,20,21,24,26). The first-order valence-corrected chi connectivity index (χ1v) is 9.19. The van der Waals surface area contributed by atoms with Crippen LogP contribution in [0.15, 0.2) is 24.3 Å². The van der Waals surface area contributed by atoms with Crippen LogP contribution < -0.4 is 16.0 Å². The fourth-order valence-electron chi connectivity index (χ4n) is 2.88. The number of urea groups is 2. The largest absolute Gasteiger partial charge is 0.338 e. The van der Waals surface area contributed by atoms with Crippen molar-refractivity contribution in [3.05, 3.63) is 34.9 Å². The molecule has 0 radical (unpaired) electrons. The molecule has 0 saturated carbocycles. The summed E-state index contributed by atoms with van der Waals surface area (Å²) >= 11 is 5.89. The number of nitrogens with one attached hydrogen (secondary N) is 3. The zero-order chi connectivity index (χ0) is 20.0. The average molecular weight is 395 g/mol. The molecule has 2 rings (SSSR count). The number of carbonyl (C=O) groups excluding carboxylic acids is 4. The van der Waals surface area contributed by atoms with Gasteiger partial charge in [-0.05, 0) is 30.5 Å². The molecule has 0 bridgehead atoms. The van der Waals surface area contributed by atoms with E-state index in [0.717, 1.165) is 17.7 Å². The zero-order valence-corrected chi connectivity index (χ0v) is 16.1. The lowest BCUT2D eigenvalue weighted by atomic mass is 9.87. The van der Waals surface area contributed by atoms with Crippen molar-refractivity contribution in [1.82, 2.24) is 20.9 Å². The average Bonchev–Trinajstić information content (AvgIpc) is 2.87. The topological polar surface area (TPSA) is 108 Å². The lowest BCUT2D eigenvalue weighted by Gasteiger charge is -2.25. The summed E-state index contributed by atoms with van der Waals surface area (Å²) in [5, 5.41) is 7.83. The van der Waals surface area contributed by atoms with Crippen molar-refractivity contribution in [2.45, 2.75) is 38.6 Å². The highest BCUT2D eigenvalue weighted by Crippen LogP contribution is 2.32. The second kappa shape index (κ2) is 8.85. The fourth-order valence-corrected chi connectivity index (χ4v) is 3.00. The number of hydrogen-bond acceptors (Lipinski definition) is 4. The molecule has 9 heteroatoms. The van der Waals surface area contributed by atoms with E-state index >= 15 is 0 Å². The quantitative estimate of drug-likeness (QED) is 0.486. The third kappa shape index (κ3) is 4.57. The molecular formula is C18H23ClN4O4. The molecule has 1 heterocycles. The molecular weight excluding hydrogens is 372 g/mol. The number of rotatable bonds is 7. The fraction of sp³-hybridized carbons (Fsp3) is 0.444. The molecule has 0 spiro atoms. The zero-order valence-electron chi connectivity index (χ0n) is 15.3. The number of nitrogens with zero attached hydrogens (tertiary/aromatic N) is 1. The lowest BCUT2D eigenvalue weighted by Crippen LogP contribution is -2.47. The van der Waals surface area contributed by atoms with Gasteiger partial charge in [-0.25, -0.2) is 9.59 Å².